The van der Waals surface area contributed by atoms with Gasteiger partial charge in [0.25, 0.3) is 0 Å². The van der Waals surface area contributed by atoms with Crippen LogP contribution in [0.2, 0.25) is 0 Å². The zero-order valence-corrected chi connectivity index (χ0v) is 14.1. The number of anilines is 1. The highest BCUT2D eigenvalue weighted by Gasteiger charge is 2.20. The number of carbonyl (C=O) groups excluding carboxylic acids is 1. The number of rotatable bonds is 5. The first-order valence-electron chi connectivity index (χ1n) is 7.82. The van der Waals surface area contributed by atoms with E-state index < -0.39 is 0 Å². The van der Waals surface area contributed by atoms with E-state index in [1.807, 2.05) is 31.3 Å². The molecule has 0 bridgehead atoms. The summed E-state index contributed by atoms with van der Waals surface area (Å²) in [5.41, 5.74) is 0.900. The summed E-state index contributed by atoms with van der Waals surface area (Å²) in [5.74, 6) is 1.08. The normalized spacial score (nSPS) is 14.3. The lowest BCUT2D eigenvalue weighted by Gasteiger charge is -2.20. The number of thiazole rings is 1. The summed E-state index contributed by atoms with van der Waals surface area (Å²) in [6.45, 7) is 5.10. The Bertz CT molecular complexity index is 699. The fourth-order valence-electron chi connectivity index (χ4n) is 2.42. The number of hydrogen-bond acceptors (Lipinski definition) is 5. The van der Waals surface area contributed by atoms with Crippen molar-refractivity contribution in [2.45, 2.75) is 32.6 Å². The quantitative estimate of drug-likeness (QED) is 0.908. The number of fused-ring (bicyclic) bond motifs is 1. The number of hydrogen-bond donors (Lipinski definition) is 1. The Morgan fingerprint density at radius 1 is 1.35 bits per heavy atom. The Morgan fingerprint density at radius 2 is 2.13 bits per heavy atom. The maximum Gasteiger partial charge on any atom is 0.233 e. The third-order valence-corrected chi connectivity index (χ3v) is 4.71. The van der Waals surface area contributed by atoms with E-state index in [-0.39, 0.29) is 11.8 Å². The standard InChI is InChI=1S/C17H20N2O3S/c1-3-4-13-10-18-17(23-13)19-16(20)11(2)12-5-6-14-15(9-12)22-8-7-21-14/h5-6,9-11H,3-4,7-8H2,1-2H3,(H,18,19,20). The smallest absolute Gasteiger partial charge is 0.233 e. The molecule has 0 radical (unpaired) electrons. The molecular weight excluding hydrogens is 312 g/mol. The topological polar surface area (TPSA) is 60.5 Å². The van der Waals surface area contributed by atoms with Crippen molar-refractivity contribution in [1.82, 2.24) is 4.98 Å². The first-order valence-corrected chi connectivity index (χ1v) is 8.64. The molecule has 0 aliphatic carbocycles. The number of nitrogens with zero attached hydrogens (tertiary/aromatic N) is 1. The van der Waals surface area contributed by atoms with E-state index in [9.17, 15) is 4.79 Å². The number of aryl methyl sites for hydroxylation is 1. The van der Waals surface area contributed by atoms with Crippen LogP contribution in [0.4, 0.5) is 5.13 Å². The number of aromatic nitrogens is 1. The fraction of sp³-hybridized carbons (Fsp3) is 0.412. The van der Waals surface area contributed by atoms with Crippen molar-refractivity contribution in [3.63, 3.8) is 0 Å². The first kappa shape index (κ1) is 15.8. The SMILES string of the molecule is CCCc1cnc(NC(=O)C(C)c2ccc3c(c2)OCCO3)s1. The molecular formula is C17H20N2O3S. The number of benzene rings is 1. The highest BCUT2D eigenvalue weighted by molar-refractivity contribution is 7.15. The zero-order chi connectivity index (χ0) is 16.2. The number of carbonyl (C=O) groups is 1. The molecule has 1 aliphatic heterocycles. The Kier molecular flexibility index (Phi) is 4.81. The number of ether oxygens (including phenoxy) is 2. The summed E-state index contributed by atoms with van der Waals surface area (Å²) < 4.78 is 11.1. The Morgan fingerprint density at radius 3 is 2.91 bits per heavy atom. The molecule has 1 aliphatic rings. The van der Waals surface area contributed by atoms with Crippen LogP contribution in [0.3, 0.4) is 0 Å². The van der Waals surface area contributed by atoms with Gasteiger partial charge in [0.1, 0.15) is 13.2 Å². The van der Waals surface area contributed by atoms with Crippen molar-refractivity contribution in [2.24, 2.45) is 0 Å². The van der Waals surface area contributed by atoms with Gasteiger partial charge in [-0.2, -0.15) is 0 Å². The largest absolute Gasteiger partial charge is 0.486 e. The molecule has 1 unspecified atom stereocenters. The van der Waals surface area contributed by atoms with Gasteiger partial charge in [-0.05, 0) is 31.0 Å². The lowest BCUT2D eigenvalue weighted by Crippen LogP contribution is -2.20. The molecule has 1 atom stereocenters. The van der Waals surface area contributed by atoms with Gasteiger partial charge < -0.3 is 14.8 Å². The summed E-state index contributed by atoms with van der Waals surface area (Å²) in [5, 5.41) is 3.55. The molecule has 0 saturated heterocycles. The van der Waals surface area contributed by atoms with E-state index in [1.54, 1.807) is 0 Å². The molecule has 122 valence electrons. The average molecular weight is 332 g/mol. The van der Waals surface area contributed by atoms with Gasteiger partial charge in [0.2, 0.25) is 5.91 Å². The molecule has 1 N–H and O–H groups in total. The van der Waals surface area contributed by atoms with Crippen LogP contribution in [0, 0.1) is 0 Å². The summed E-state index contributed by atoms with van der Waals surface area (Å²) in [6, 6.07) is 5.64. The van der Waals surface area contributed by atoms with Gasteiger partial charge in [-0.15, -0.1) is 11.3 Å². The molecule has 5 nitrogen and oxygen atoms in total. The van der Waals surface area contributed by atoms with Crippen molar-refractivity contribution in [3.05, 3.63) is 34.8 Å². The highest BCUT2D eigenvalue weighted by Crippen LogP contribution is 2.33. The number of amides is 1. The Balaban J connectivity index is 1.69. The maximum atomic E-state index is 12.4. The van der Waals surface area contributed by atoms with Crippen molar-refractivity contribution in [2.75, 3.05) is 18.5 Å². The first-order chi connectivity index (χ1) is 11.2. The van der Waals surface area contributed by atoms with Gasteiger partial charge in [0.15, 0.2) is 16.6 Å². The second-order valence-electron chi connectivity index (χ2n) is 5.50. The predicted octanol–water partition coefficient (Wildman–Crippen LogP) is 3.61. The summed E-state index contributed by atoms with van der Waals surface area (Å²) in [4.78, 5) is 17.9. The molecule has 3 rings (SSSR count). The van der Waals surface area contributed by atoms with Gasteiger partial charge in [-0.1, -0.05) is 19.4 Å². The van der Waals surface area contributed by atoms with E-state index >= 15 is 0 Å². The van der Waals surface area contributed by atoms with Crippen molar-refractivity contribution in [3.8, 4) is 11.5 Å². The summed E-state index contributed by atoms with van der Waals surface area (Å²) in [6.07, 6.45) is 3.90. The Hall–Kier alpha value is -2.08. The molecule has 2 aromatic rings. The van der Waals surface area contributed by atoms with Crippen molar-refractivity contribution >= 4 is 22.4 Å². The second kappa shape index (κ2) is 7.00. The van der Waals surface area contributed by atoms with Crippen LogP contribution >= 0.6 is 11.3 Å². The van der Waals surface area contributed by atoms with Crippen LogP contribution < -0.4 is 14.8 Å². The van der Waals surface area contributed by atoms with E-state index in [0.29, 0.717) is 24.1 Å². The lowest BCUT2D eigenvalue weighted by molar-refractivity contribution is -0.117. The van der Waals surface area contributed by atoms with E-state index in [0.717, 1.165) is 24.2 Å². The van der Waals surface area contributed by atoms with Crippen LogP contribution in [0.25, 0.3) is 0 Å². The predicted molar refractivity (Wildman–Crippen MR) is 90.6 cm³/mol. The molecule has 0 spiro atoms. The molecule has 1 amide bonds. The minimum Gasteiger partial charge on any atom is -0.486 e. The monoisotopic (exact) mass is 332 g/mol. The van der Waals surface area contributed by atoms with Crippen molar-refractivity contribution in [1.29, 1.82) is 0 Å². The third kappa shape index (κ3) is 3.64. The third-order valence-electron chi connectivity index (χ3n) is 3.74. The van der Waals surface area contributed by atoms with E-state index in [2.05, 4.69) is 17.2 Å². The van der Waals surface area contributed by atoms with Gasteiger partial charge in [-0.3, -0.25) is 4.79 Å². The minimum atomic E-state index is -0.288. The van der Waals surface area contributed by atoms with Gasteiger partial charge in [0.05, 0.1) is 5.92 Å². The fourth-order valence-corrected chi connectivity index (χ4v) is 3.34. The minimum absolute atomic E-state index is 0.0703. The van der Waals surface area contributed by atoms with Crippen LogP contribution in [0.15, 0.2) is 24.4 Å². The average Bonchev–Trinajstić information content (AvgIpc) is 3.01. The molecule has 0 saturated carbocycles. The molecule has 1 aromatic carbocycles. The van der Waals surface area contributed by atoms with Crippen LogP contribution in [0.5, 0.6) is 11.5 Å². The van der Waals surface area contributed by atoms with Crippen LogP contribution in [-0.4, -0.2) is 24.1 Å². The molecule has 0 fully saturated rings. The van der Waals surface area contributed by atoms with Crippen LogP contribution in [-0.2, 0) is 11.2 Å². The number of nitrogens with one attached hydrogen (secondary N) is 1. The molecule has 23 heavy (non-hydrogen) atoms. The van der Waals surface area contributed by atoms with Crippen LogP contribution in [0.1, 0.15) is 36.6 Å². The zero-order valence-electron chi connectivity index (χ0n) is 13.3. The van der Waals surface area contributed by atoms with Crippen molar-refractivity contribution < 1.29 is 14.3 Å². The summed E-state index contributed by atoms with van der Waals surface area (Å²) in [7, 11) is 0. The molecule has 1 aromatic heterocycles. The van der Waals surface area contributed by atoms with E-state index in [1.165, 1.54) is 16.2 Å². The highest BCUT2D eigenvalue weighted by atomic mass is 32.1. The molecule has 6 heteroatoms. The van der Waals surface area contributed by atoms with Gasteiger partial charge in [-0.25, -0.2) is 4.98 Å². The maximum absolute atomic E-state index is 12.4. The molecule has 2 heterocycles. The summed E-state index contributed by atoms with van der Waals surface area (Å²) >= 11 is 1.53. The second-order valence-corrected chi connectivity index (χ2v) is 6.61. The van der Waals surface area contributed by atoms with E-state index in [4.69, 9.17) is 9.47 Å². The lowest BCUT2D eigenvalue weighted by atomic mass is 10.00. The van der Waals surface area contributed by atoms with Gasteiger partial charge in [0, 0.05) is 11.1 Å². The van der Waals surface area contributed by atoms with Gasteiger partial charge >= 0.3 is 0 Å². The Labute approximate surface area is 139 Å².